The van der Waals surface area contributed by atoms with Crippen molar-refractivity contribution in [1.29, 1.82) is 0 Å². The molecule has 6 heteroatoms. The van der Waals surface area contributed by atoms with Crippen molar-refractivity contribution in [2.24, 2.45) is 0 Å². The average Bonchev–Trinajstić information content (AvgIpc) is 3.09. The molecule has 2 atom stereocenters. The van der Waals surface area contributed by atoms with E-state index in [1.54, 1.807) is 0 Å². The van der Waals surface area contributed by atoms with E-state index in [0.717, 1.165) is 39.0 Å². The van der Waals surface area contributed by atoms with Crippen LogP contribution < -0.4 is 10.6 Å². The van der Waals surface area contributed by atoms with Gasteiger partial charge in [-0.25, -0.2) is 0 Å². The summed E-state index contributed by atoms with van der Waals surface area (Å²) in [7, 11) is 0. The van der Waals surface area contributed by atoms with Crippen molar-refractivity contribution in [3.8, 4) is 0 Å². The van der Waals surface area contributed by atoms with Crippen molar-refractivity contribution in [2.45, 2.75) is 38.0 Å². The Morgan fingerprint density at radius 3 is 2.52 bits per heavy atom. The fourth-order valence-electron chi connectivity index (χ4n) is 3.88. The second kappa shape index (κ2) is 10.1. The van der Waals surface area contributed by atoms with Gasteiger partial charge in [-0.15, -0.1) is 24.8 Å². The second-order valence-corrected chi connectivity index (χ2v) is 7.12. The number of likely N-dealkylation sites (tertiary alicyclic amines) is 1. The van der Waals surface area contributed by atoms with E-state index in [0.29, 0.717) is 0 Å². The molecule has 4 rings (SSSR count). The molecular formula is C21H27Cl2N3O. The summed E-state index contributed by atoms with van der Waals surface area (Å²) >= 11 is 0. The maximum Gasteiger partial charge on any atom is 0.237 e. The van der Waals surface area contributed by atoms with Gasteiger partial charge in [0.05, 0.1) is 6.04 Å². The first-order valence-electron chi connectivity index (χ1n) is 9.15. The predicted molar refractivity (Wildman–Crippen MR) is 114 cm³/mol. The first kappa shape index (κ1) is 21.7. The highest BCUT2D eigenvalue weighted by Gasteiger charge is 2.28. The molecule has 2 aliphatic heterocycles. The van der Waals surface area contributed by atoms with Gasteiger partial charge in [-0.05, 0) is 29.5 Å². The number of hydrogen-bond acceptors (Lipinski definition) is 3. The zero-order valence-corrected chi connectivity index (χ0v) is 16.9. The van der Waals surface area contributed by atoms with Gasteiger partial charge in [0.25, 0.3) is 0 Å². The summed E-state index contributed by atoms with van der Waals surface area (Å²) in [6, 6.07) is 19.1. The Kier molecular flexibility index (Phi) is 8.11. The Bertz CT molecular complexity index is 741. The standard InChI is InChI=1S/C21H25N3O.2ClH/c25-21(20-12-17-8-4-5-9-18(17)13-22-20)23-19-10-11-24(15-19)14-16-6-2-1-3-7-16;;/h1-9,19-20,22H,10-15H2,(H,23,25);2*1H. The number of amides is 1. The number of carbonyl (C=O) groups is 1. The summed E-state index contributed by atoms with van der Waals surface area (Å²) in [5, 5.41) is 6.63. The third-order valence-electron chi connectivity index (χ3n) is 5.27. The molecule has 0 saturated carbocycles. The smallest absolute Gasteiger partial charge is 0.237 e. The Balaban J connectivity index is 0.00000131. The topological polar surface area (TPSA) is 44.4 Å². The van der Waals surface area contributed by atoms with Gasteiger partial charge < -0.3 is 10.6 Å². The van der Waals surface area contributed by atoms with E-state index in [4.69, 9.17) is 0 Å². The van der Waals surface area contributed by atoms with Crippen molar-refractivity contribution >= 4 is 30.7 Å². The summed E-state index contributed by atoms with van der Waals surface area (Å²) in [6.45, 7) is 3.71. The number of benzene rings is 2. The van der Waals surface area contributed by atoms with E-state index in [1.807, 2.05) is 6.07 Å². The van der Waals surface area contributed by atoms with Crippen LogP contribution in [0.3, 0.4) is 0 Å². The number of nitrogens with one attached hydrogen (secondary N) is 2. The Labute approximate surface area is 173 Å². The van der Waals surface area contributed by atoms with Crippen molar-refractivity contribution in [2.75, 3.05) is 13.1 Å². The van der Waals surface area contributed by atoms with Crippen LogP contribution in [0.2, 0.25) is 0 Å². The van der Waals surface area contributed by atoms with Crippen LogP contribution in [0.1, 0.15) is 23.1 Å². The molecule has 1 fully saturated rings. The summed E-state index contributed by atoms with van der Waals surface area (Å²) in [4.78, 5) is 15.1. The van der Waals surface area contributed by atoms with Crippen molar-refractivity contribution in [1.82, 2.24) is 15.5 Å². The molecule has 2 heterocycles. The molecular weight excluding hydrogens is 381 g/mol. The van der Waals surface area contributed by atoms with Crippen molar-refractivity contribution < 1.29 is 4.79 Å². The zero-order chi connectivity index (χ0) is 17.1. The molecule has 146 valence electrons. The van der Waals surface area contributed by atoms with E-state index in [2.05, 4.69) is 64.1 Å². The SMILES string of the molecule is Cl.Cl.O=C(NC1CCN(Cc2ccccc2)C1)C1Cc2ccccc2CN1. The van der Waals surface area contributed by atoms with Gasteiger partial charge in [-0.2, -0.15) is 0 Å². The van der Waals surface area contributed by atoms with Gasteiger partial charge in [0.1, 0.15) is 0 Å². The largest absolute Gasteiger partial charge is 0.351 e. The van der Waals surface area contributed by atoms with Crippen LogP contribution in [0, 0.1) is 0 Å². The van der Waals surface area contributed by atoms with Crippen LogP contribution in [0.25, 0.3) is 0 Å². The van der Waals surface area contributed by atoms with Crippen LogP contribution >= 0.6 is 24.8 Å². The maximum atomic E-state index is 12.6. The van der Waals surface area contributed by atoms with E-state index >= 15 is 0 Å². The Morgan fingerprint density at radius 1 is 1.04 bits per heavy atom. The number of fused-ring (bicyclic) bond motifs is 1. The van der Waals surface area contributed by atoms with E-state index < -0.39 is 0 Å². The van der Waals surface area contributed by atoms with Crippen LogP contribution in [0.5, 0.6) is 0 Å². The van der Waals surface area contributed by atoms with Gasteiger partial charge in [0, 0.05) is 32.2 Å². The number of halogens is 2. The molecule has 0 aromatic heterocycles. The molecule has 0 bridgehead atoms. The summed E-state index contributed by atoms with van der Waals surface area (Å²) in [5.41, 5.74) is 3.93. The third kappa shape index (κ3) is 5.45. The van der Waals surface area contributed by atoms with Gasteiger partial charge in [0.15, 0.2) is 0 Å². The summed E-state index contributed by atoms with van der Waals surface area (Å²) in [5.74, 6) is 0.140. The highest BCUT2D eigenvalue weighted by atomic mass is 35.5. The highest BCUT2D eigenvalue weighted by molar-refractivity contribution is 5.85. The number of carbonyl (C=O) groups excluding carboxylic acids is 1. The molecule has 0 spiro atoms. The van der Waals surface area contributed by atoms with Gasteiger partial charge in [-0.3, -0.25) is 9.69 Å². The van der Waals surface area contributed by atoms with Crippen LogP contribution in [-0.2, 0) is 24.3 Å². The Morgan fingerprint density at radius 2 is 1.74 bits per heavy atom. The fourth-order valence-corrected chi connectivity index (χ4v) is 3.88. The van der Waals surface area contributed by atoms with Crippen molar-refractivity contribution in [3.63, 3.8) is 0 Å². The minimum Gasteiger partial charge on any atom is -0.351 e. The minimum absolute atomic E-state index is 0. The number of rotatable bonds is 4. The first-order valence-corrected chi connectivity index (χ1v) is 9.15. The van der Waals surface area contributed by atoms with Crippen LogP contribution in [0.15, 0.2) is 54.6 Å². The molecule has 0 aliphatic carbocycles. The molecule has 2 unspecified atom stereocenters. The van der Waals surface area contributed by atoms with Gasteiger partial charge in [-0.1, -0.05) is 54.6 Å². The average molecular weight is 408 g/mol. The van der Waals surface area contributed by atoms with E-state index in [-0.39, 0.29) is 42.8 Å². The lowest BCUT2D eigenvalue weighted by molar-refractivity contribution is -0.124. The molecule has 1 saturated heterocycles. The highest BCUT2D eigenvalue weighted by Crippen LogP contribution is 2.17. The fraction of sp³-hybridized carbons (Fsp3) is 0.381. The zero-order valence-electron chi connectivity index (χ0n) is 15.3. The molecule has 0 radical (unpaired) electrons. The lowest BCUT2D eigenvalue weighted by Gasteiger charge is -2.26. The first-order chi connectivity index (χ1) is 12.3. The quantitative estimate of drug-likeness (QED) is 0.818. The second-order valence-electron chi connectivity index (χ2n) is 7.12. The normalized spacial score (nSPS) is 21.5. The molecule has 4 nitrogen and oxygen atoms in total. The third-order valence-corrected chi connectivity index (χ3v) is 5.27. The van der Waals surface area contributed by atoms with Gasteiger partial charge in [0.2, 0.25) is 5.91 Å². The monoisotopic (exact) mass is 407 g/mol. The number of nitrogens with zero attached hydrogens (tertiary/aromatic N) is 1. The predicted octanol–water partition coefficient (Wildman–Crippen LogP) is 2.94. The summed E-state index contributed by atoms with van der Waals surface area (Å²) in [6.07, 6.45) is 1.81. The molecule has 2 aromatic rings. The lowest BCUT2D eigenvalue weighted by atomic mass is 9.95. The van der Waals surface area contributed by atoms with E-state index in [1.165, 1.54) is 16.7 Å². The number of hydrogen-bond donors (Lipinski definition) is 2. The van der Waals surface area contributed by atoms with Crippen LogP contribution in [-0.4, -0.2) is 36.0 Å². The van der Waals surface area contributed by atoms with E-state index in [9.17, 15) is 4.79 Å². The lowest BCUT2D eigenvalue weighted by Crippen LogP contribution is -2.50. The molecule has 2 N–H and O–H groups in total. The van der Waals surface area contributed by atoms with Crippen molar-refractivity contribution in [3.05, 3.63) is 71.3 Å². The molecule has 2 aliphatic rings. The molecule has 1 amide bonds. The van der Waals surface area contributed by atoms with Crippen LogP contribution in [0.4, 0.5) is 0 Å². The molecule has 2 aromatic carbocycles. The Hall–Kier alpha value is -1.59. The molecule has 27 heavy (non-hydrogen) atoms. The van der Waals surface area contributed by atoms with Gasteiger partial charge >= 0.3 is 0 Å². The maximum absolute atomic E-state index is 12.6. The summed E-state index contributed by atoms with van der Waals surface area (Å²) < 4.78 is 0. The minimum atomic E-state index is -0.113.